The van der Waals surface area contributed by atoms with Crippen LogP contribution in [0.2, 0.25) is 0 Å². The van der Waals surface area contributed by atoms with E-state index in [1.54, 1.807) is 12.1 Å². The summed E-state index contributed by atoms with van der Waals surface area (Å²) in [6, 6.07) is 17.6. The van der Waals surface area contributed by atoms with Crippen molar-refractivity contribution in [1.29, 1.82) is 0 Å². The number of hydrogen-bond acceptors (Lipinski definition) is 1. The van der Waals surface area contributed by atoms with Gasteiger partial charge >= 0.3 is 0 Å². The quantitative estimate of drug-likeness (QED) is 0.875. The first-order valence-electron chi connectivity index (χ1n) is 6.75. The Morgan fingerprint density at radius 1 is 1.00 bits per heavy atom. The summed E-state index contributed by atoms with van der Waals surface area (Å²) in [6.07, 6.45) is 2.22. The van der Waals surface area contributed by atoms with E-state index in [0.717, 1.165) is 18.4 Å². The lowest BCUT2D eigenvalue weighted by Crippen LogP contribution is -2.30. The minimum atomic E-state index is -0.121. The number of nitrogens with one attached hydrogen (secondary N) is 1. The molecule has 1 N–H and O–H groups in total. The van der Waals surface area contributed by atoms with Crippen LogP contribution in [0.3, 0.4) is 0 Å². The molecule has 0 aromatic heterocycles. The van der Waals surface area contributed by atoms with E-state index >= 15 is 0 Å². The van der Waals surface area contributed by atoms with Crippen molar-refractivity contribution in [3.63, 3.8) is 0 Å². The predicted octanol–water partition coefficient (Wildman–Crippen LogP) is 3.82. The van der Waals surface area contributed by atoms with E-state index in [2.05, 4.69) is 29.6 Å². The van der Waals surface area contributed by atoms with Gasteiger partial charge in [-0.15, -0.1) is 0 Å². The summed E-state index contributed by atoms with van der Waals surface area (Å²) in [5, 5.41) is 3.32. The van der Waals surface area contributed by atoms with Crippen molar-refractivity contribution in [2.24, 2.45) is 0 Å². The predicted molar refractivity (Wildman–Crippen MR) is 75.6 cm³/mol. The molecule has 0 spiro atoms. The van der Waals surface area contributed by atoms with Crippen molar-refractivity contribution in [1.82, 2.24) is 5.32 Å². The van der Waals surface area contributed by atoms with Crippen LogP contribution in [-0.2, 0) is 5.41 Å². The van der Waals surface area contributed by atoms with Crippen LogP contribution in [-0.4, -0.2) is 7.05 Å². The first-order valence-corrected chi connectivity index (χ1v) is 6.75. The molecule has 1 saturated carbocycles. The van der Waals surface area contributed by atoms with Gasteiger partial charge in [0.15, 0.2) is 0 Å². The smallest absolute Gasteiger partial charge is 0.128 e. The second-order valence-electron chi connectivity index (χ2n) is 5.27. The Hall–Kier alpha value is -1.67. The molecule has 1 atom stereocenters. The highest BCUT2D eigenvalue weighted by Gasteiger charge is 2.51. The first-order chi connectivity index (χ1) is 9.28. The molecule has 0 amide bonds. The summed E-state index contributed by atoms with van der Waals surface area (Å²) in [7, 11) is 1.92. The zero-order chi connectivity index (χ0) is 13.3. The molecule has 0 saturated heterocycles. The summed E-state index contributed by atoms with van der Waals surface area (Å²) >= 11 is 0. The lowest BCUT2D eigenvalue weighted by Gasteiger charge is -2.28. The molecule has 0 heterocycles. The fourth-order valence-corrected chi connectivity index (χ4v) is 3.09. The van der Waals surface area contributed by atoms with Gasteiger partial charge in [0.1, 0.15) is 5.82 Å². The lowest BCUT2D eigenvalue weighted by molar-refractivity contribution is 0.441. The van der Waals surface area contributed by atoms with Gasteiger partial charge in [-0.25, -0.2) is 4.39 Å². The molecule has 1 aliphatic carbocycles. The van der Waals surface area contributed by atoms with Crippen LogP contribution in [0.25, 0.3) is 0 Å². The van der Waals surface area contributed by atoms with E-state index in [0.29, 0.717) is 0 Å². The van der Waals surface area contributed by atoms with E-state index in [4.69, 9.17) is 0 Å². The zero-order valence-corrected chi connectivity index (χ0v) is 11.1. The van der Waals surface area contributed by atoms with Crippen LogP contribution in [0, 0.1) is 5.82 Å². The van der Waals surface area contributed by atoms with Crippen LogP contribution in [0.5, 0.6) is 0 Å². The SMILES string of the molecule is CNC(c1ccccc1F)C1(c2ccccc2)CC1. The van der Waals surface area contributed by atoms with Gasteiger partial charge in [-0.3, -0.25) is 0 Å². The lowest BCUT2D eigenvalue weighted by atomic mass is 9.84. The van der Waals surface area contributed by atoms with Gasteiger partial charge in [-0.05, 0) is 31.5 Å². The number of likely N-dealkylation sites (N-methyl/N-ethyl adjacent to an activating group) is 1. The summed E-state index contributed by atoms with van der Waals surface area (Å²) in [5.41, 5.74) is 2.13. The highest BCUT2D eigenvalue weighted by Crippen LogP contribution is 2.56. The molecule has 19 heavy (non-hydrogen) atoms. The zero-order valence-electron chi connectivity index (χ0n) is 11.1. The van der Waals surface area contributed by atoms with Crippen LogP contribution in [0.15, 0.2) is 54.6 Å². The van der Waals surface area contributed by atoms with E-state index in [9.17, 15) is 4.39 Å². The van der Waals surface area contributed by atoms with Crippen LogP contribution >= 0.6 is 0 Å². The highest BCUT2D eigenvalue weighted by atomic mass is 19.1. The molecule has 1 nitrogen and oxygen atoms in total. The molecule has 2 aromatic rings. The number of halogens is 1. The monoisotopic (exact) mass is 255 g/mol. The van der Waals surface area contributed by atoms with Gasteiger partial charge in [0, 0.05) is 17.0 Å². The maximum absolute atomic E-state index is 14.1. The molecule has 0 bridgehead atoms. The first kappa shape index (κ1) is 12.4. The standard InChI is InChI=1S/C17H18FN/c1-19-16(14-9-5-6-10-15(14)18)17(11-12-17)13-7-3-2-4-8-13/h2-10,16,19H,11-12H2,1H3. The molecule has 0 radical (unpaired) electrons. The van der Waals surface area contributed by atoms with E-state index in [1.165, 1.54) is 5.56 Å². The van der Waals surface area contributed by atoms with Gasteiger partial charge in [0.2, 0.25) is 0 Å². The summed E-state index contributed by atoms with van der Waals surface area (Å²) in [5.74, 6) is -0.121. The number of rotatable bonds is 4. The van der Waals surface area contributed by atoms with Gasteiger partial charge in [0.25, 0.3) is 0 Å². The fraction of sp³-hybridized carbons (Fsp3) is 0.294. The maximum Gasteiger partial charge on any atom is 0.128 e. The summed E-state index contributed by atoms with van der Waals surface area (Å²) in [4.78, 5) is 0. The summed E-state index contributed by atoms with van der Waals surface area (Å²) in [6.45, 7) is 0. The maximum atomic E-state index is 14.1. The second kappa shape index (κ2) is 4.78. The Bertz CT molecular complexity index is 560. The molecule has 2 heteroatoms. The van der Waals surface area contributed by atoms with Crippen molar-refractivity contribution in [2.75, 3.05) is 7.05 Å². The average molecular weight is 255 g/mol. The molecule has 2 aromatic carbocycles. The Morgan fingerprint density at radius 3 is 2.21 bits per heavy atom. The Balaban J connectivity index is 2.02. The van der Waals surface area contributed by atoms with Gasteiger partial charge in [-0.2, -0.15) is 0 Å². The van der Waals surface area contributed by atoms with Crippen molar-refractivity contribution < 1.29 is 4.39 Å². The van der Waals surface area contributed by atoms with Crippen molar-refractivity contribution >= 4 is 0 Å². The van der Waals surface area contributed by atoms with Gasteiger partial charge in [0.05, 0.1) is 0 Å². The summed E-state index contributed by atoms with van der Waals surface area (Å²) < 4.78 is 14.1. The second-order valence-corrected chi connectivity index (χ2v) is 5.27. The van der Waals surface area contributed by atoms with Crippen LogP contribution < -0.4 is 5.32 Å². The molecule has 3 rings (SSSR count). The fourth-order valence-electron chi connectivity index (χ4n) is 3.09. The third-order valence-electron chi connectivity index (χ3n) is 4.19. The normalized spacial score (nSPS) is 18.0. The molecule has 1 aliphatic rings. The van der Waals surface area contributed by atoms with E-state index in [-0.39, 0.29) is 17.3 Å². The van der Waals surface area contributed by atoms with Gasteiger partial charge < -0.3 is 5.32 Å². The van der Waals surface area contributed by atoms with Gasteiger partial charge in [-0.1, -0.05) is 48.5 Å². The Morgan fingerprint density at radius 2 is 1.63 bits per heavy atom. The molecule has 0 aliphatic heterocycles. The van der Waals surface area contributed by atoms with Crippen LogP contribution in [0.1, 0.15) is 30.0 Å². The topological polar surface area (TPSA) is 12.0 Å². The minimum Gasteiger partial charge on any atom is -0.312 e. The minimum absolute atomic E-state index is 0.0381. The Kier molecular flexibility index (Phi) is 3.11. The molecular weight excluding hydrogens is 237 g/mol. The highest BCUT2D eigenvalue weighted by molar-refractivity contribution is 5.38. The van der Waals surface area contributed by atoms with Crippen LogP contribution in [0.4, 0.5) is 4.39 Å². The van der Waals surface area contributed by atoms with Crippen molar-refractivity contribution in [3.05, 3.63) is 71.5 Å². The number of benzene rings is 2. The molecular formula is C17H18FN. The molecule has 98 valence electrons. The third kappa shape index (κ3) is 2.06. The Labute approximate surface area is 113 Å². The number of hydrogen-bond donors (Lipinski definition) is 1. The van der Waals surface area contributed by atoms with Crippen molar-refractivity contribution in [2.45, 2.75) is 24.3 Å². The van der Waals surface area contributed by atoms with E-state index < -0.39 is 0 Å². The average Bonchev–Trinajstić information content (AvgIpc) is 3.24. The molecule has 1 fully saturated rings. The largest absolute Gasteiger partial charge is 0.312 e. The van der Waals surface area contributed by atoms with Crippen molar-refractivity contribution in [3.8, 4) is 0 Å². The van der Waals surface area contributed by atoms with E-state index in [1.807, 2.05) is 25.2 Å². The molecule has 1 unspecified atom stereocenters. The third-order valence-corrected chi connectivity index (χ3v) is 4.19.